The van der Waals surface area contributed by atoms with Crippen molar-refractivity contribution in [1.82, 2.24) is 0 Å². The van der Waals surface area contributed by atoms with Crippen molar-refractivity contribution in [1.29, 1.82) is 0 Å². The largest absolute Gasteiger partial charge is 0.349 e. The quantitative estimate of drug-likeness (QED) is 0.595. The van der Waals surface area contributed by atoms with Gasteiger partial charge < -0.3 is 4.74 Å². The minimum Gasteiger partial charge on any atom is -0.349 e. The average molecular weight is 250 g/mol. The molecule has 2 rings (SSSR count). The number of hydrogen-bond acceptors (Lipinski definition) is 4. The molecule has 1 atom stereocenters. The third kappa shape index (κ3) is 4.47. The summed E-state index contributed by atoms with van der Waals surface area (Å²) in [6, 6.07) is 9.82. The molecule has 0 bridgehead atoms. The van der Waals surface area contributed by atoms with Gasteiger partial charge in [0.05, 0.1) is 6.42 Å². The molecule has 1 saturated heterocycles. The molecule has 1 fully saturated rings. The van der Waals surface area contributed by atoms with Crippen LogP contribution in [-0.4, -0.2) is 18.9 Å². The summed E-state index contributed by atoms with van der Waals surface area (Å²) in [7, 11) is 0. The van der Waals surface area contributed by atoms with Gasteiger partial charge in [0.15, 0.2) is 0 Å². The second kappa shape index (κ2) is 7.13. The van der Waals surface area contributed by atoms with E-state index in [0.29, 0.717) is 19.4 Å². The van der Waals surface area contributed by atoms with Crippen LogP contribution in [0.3, 0.4) is 0 Å². The molecule has 0 radical (unpaired) electrons. The Bertz CT molecular complexity index is 357. The Morgan fingerprint density at radius 3 is 2.83 bits per heavy atom. The molecule has 0 N–H and O–H groups in total. The fraction of sp³-hybridized carbons (Fsp3) is 0.500. The van der Waals surface area contributed by atoms with E-state index in [2.05, 4.69) is 0 Å². The predicted molar refractivity (Wildman–Crippen MR) is 65.5 cm³/mol. The minimum absolute atomic E-state index is 0.316. The molecule has 1 unspecified atom stereocenters. The van der Waals surface area contributed by atoms with Crippen LogP contribution >= 0.6 is 0 Å². The predicted octanol–water partition coefficient (Wildman–Crippen LogP) is 2.62. The van der Waals surface area contributed by atoms with E-state index in [-0.39, 0.29) is 12.3 Å². The lowest BCUT2D eigenvalue weighted by molar-refractivity contribution is -0.358. The Kier molecular flexibility index (Phi) is 5.17. The highest BCUT2D eigenvalue weighted by Crippen LogP contribution is 2.14. The van der Waals surface area contributed by atoms with Crippen molar-refractivity contribution in [2.24, 2.45) is 0 Å². The third-order valence-electron chi connectivity index (χ3n) is 2.85. The molecule has 0 amide bonds. The van der Waals surface area contributed by atoms with Crippen LogP contribution < -0.4 is 0 Å². The standard InChI is InChI=1S/C14H18O4/c15-13(10-9-12-6-2-1-3-7-12)17-18-14-8-4-5-11-16-14/h1-3,6-7,14H,4-5,8-11H2. The monoisotopic (exact) mass is 250 g/mol. The SMILES string of the molecule is O=C(CCc1ccccc1)OOC1CCCCO1. The number of benzene rings is 1. The zero-order valence-corrected chi connectivity index (χ0v) is 10.3. The molecule has 0 spiro atoms. The summed E-state index contributed by atoms with van der Waals surface area (Å²) in [5.74, 6) is -0.354. The van der Waals surface area contributed by atoms with E-state index < -0.39 is 0 Å². The Balaban J connectivity index is 1.63. The van der Waals surface area contributed by atoms with Crippen molar-refractivity contribution in [3.05, 3.63) is 35.9 Å². The van der Waals surface area contributed by atoms with E-state index in [1.165, 1.54) is 0 Å². The molecule has 0 aliphatic carbocycles. The van der Waals surface area contributed by atoms with Crippen LogP contribution in [0.1, 0.15) is 31.2 Å². The van der Waals surface area contributed by atoms with Gasteiger partial charge >= 0.3 is 5.97 Å². The van der Waals surface area contributed by atoms with Crippen molar-refractivity contribution in [3.63, 3.8) is 0 Å². The van der Waals surface area contributed by atoms with Gasteiger partial charge in [0, 0.05) is 13.0 Å². The molecule has 1 aliphatic rings. The fourth-order valence-electron chi connectivity index (χ4n) is 1.83. The molecular weight excluding hydrogens is 232 g/mol. The molecule has 18 heavy (non-hydrogen) atoms. The van der Waals surface area contributed by atoms with Gasteiger partial charge in [-0.25, -0.2) is 4.79 Å². The smallest absolute Gasteiger partial charge is 0.342 e. The van der Waals surface area contributed by atoms with Gasteiger partial charge in [0.2, 0.25) is 6.29 Å². The fourth-order valence-corrected chi connectivity index (χ4v) is 1.83. The van der Waals surface area contributed by atoms with Crippen LogP contribution in [0.15, 0.2) is 30.3 Å². The minimum atomic E-state index is -0.389. The molecule has 4 heteroatoms. The van der Waals surface area contributed by atoms with Crippen molar-refractivity contribution >= 4 is 5.97 Å². The van der Waals surface area contributed by atoms with E-state index in [4.69, 9.17) is 14.5 Å². The van der Waals surface area contributed by atoms with Crippen LogP contribution in [0.5, 0.6) is 0 Å². The van der Waals surface area contributed by atoms with Gasteiger partial charge in [-0.15, -0.1) is 0 Å². The number of hydrogen-bond donors (Lipinski definition) is 0. The molecule has 4 nitrogen and oxygen atoms in total. The average Bonchev–Trinajstić information content (AvgIpc) is 2.45. The highest BCUT2D eigenvalue weighted by atomic mass is 17.2. The van der Waals surface area contributed by atoms with Gasteiger partial charge in [-0.05, 0) is 24.8 Å². The summed E-state index contributed by atoms with van der Waals surface area (Å²) in [6.45, 7) is 0.673. The van der Waals surface area contributed by atoms with Gasteiger partial charge in [-0.3, -0.25) is 4.89 Å². The number of aryl methyl sites for hydroxylation is 1. The third-order valence-corrected chi connectivity index (χ3v) is 2.85. The van der Waals surface area contributed by atoms with Crippen LogP contribution in [0.25, 0.3) is 0 Å². The first-order valence-electron chi connectivity index (χ1n) is 6.36. The van der Waals surface area contributed by atoms with Crippen molar-refractivity contribution in [2.45, 2.75) is 38.4 Å². The summed E-state index contributed by atoms with van der Waals surface area (Å²) in [4.78, 5) is 21.2. The Labute approximate surface area is 107 Å². The summed E-state index contributed by atoms with van der Waals surface area (Å²) in [5.41, 5.74) is 1.11. The van der Waals surface area contributed by atoms with Crippen LogP contribution in [0, 0.1) is 0 Å². The summed E-state index contributed by atoms with van der Waals surface area (Å²) in [6.07, 6.45) is 3.46. The first-order valence-corrected chi connectivity index (χ1v) is 6.36. The zero-order chi connectivity index (χ0) is 12.6. The second-order valence-corrected chi connectivity index (χ2v) is 4.33. The summed E-state index contributed by atoms with van der Waals surface area (Å²) in [5, 5.41) is 0. The van der Waals surface area contributed by atoms with E-state index in [0.717, 1.165) is 24.8 Å². The number of rotatable bonds is 5. The summed E-state index contributed by atoms with van der Waals surface area (Å²) >= 11 is 0. The molecule has 1 aliphatic heterocycles. The molecule has 98 valence electrons. The zero-order valence-electron chi connectivity index (χ0n) is 10.3. The highest BCUT2D eigenvalue weighted by molar-refractivity contribution is 5.69. The molecule has 1 aromatic carbocycles. The van der Waals surface area contributed by atoms with E-state index >= 15 is 0 Å². The van der Waals surface area contributed by atoms with Gasteiger partial charge in [0.1, 0.15) is 0 Å². The Hall–Kier alpha value is -1.39. The Morgan fingerprint density at radius 2 is 2.11 bits per heavy atom. The van der Waals surface area contributed by atoms with Crippen LogP contribution in [0.4, 0.5) is 0 Å². The molecule has 1 aromatic rings. The number of ether oxygens (including phenoxy) is 1. The molecule has 0 aromatic heterocycles. The second-order valence-electron chi connectivity index (χ2n) is 4.33. The molecular formula is C14H18O4. The maximum Gasteiger partial charge on any atom is 0.342 e. The maximum absolute atomic E-state index is 11.5. The maximum atomic E-state index is 11.5. The van der Waals surface area contributed by atoms with E-state index in [9.17, 15) is 4.79 Å². The van der Waals surface area contributed by atoms with Crippen LogP contribution in [-0.2, 0) is 25.7 Å². The number of carbonyl (C=O) groups excluding carboxylic acids is 1. The lowest BCUT2D eigenvalue weighted by atomic mass is 10.1. The lowest BCUT2D eigenvalue weighted by Crippen LogP contribution is -2.24. The van der Waals surface area contributed by atoms with Crippen molar-refractivity contribution in [3.8, 4) is 0 Å². The first kappa shape index (κ1) is 13.1. The van der Waals surface area contributed by atoms with Gasteiger partial charge in [0.25, 0.3) is 0 Å². The molecule has 0 saturated carbocycles. The number of carbonyl (C=O) groups is 1. The first-order chi connectivity index (χ1) is 8.84. The topological polar surface area (TPSA) is 44.8 Å². The summed E-state index contributed by atoms with van der Waals surface area (Å²) < 4.78 is 5.29. The van der Waals surface area contributed by atoms with Crippen molar-refractivity contribution in [2.75, 3.05) is 6.61 Å². The lowest BCUT2D eigenvalue weighted by Gasteiger charge is -2.20. The highest BCUT2D eigenvalue weighted by Gasteiger charge is 2.17. The van der Waals surface area contributed by atoms with Gasteiger partial charge in [-0.1, -0.05) is 30.3 Å². The van der Waals surface area contributed by atoms with Crippen LogP contribution in [0.2, 0.25) is 0 Å². The van der Waals surface area contributed by atoms with Crippen molar-refractivity contribution < 1.29 is 19.3 Å². The molecule has 1 heterocycles. The van der Waals surface area contributed by atoms with Gasteiger partial charge in [-0.2, -0.15) is 4.89 Å². The Morgan fingerprint density at radius 1 is 1.28 bits per heavy atom. The van der Waals surface area contributed by atoms with E-state index in [1.807, 2.05) is 30.3 Å². The normalized spacial score (nSPS) is 19.4. The van der Waals surface area contributed by atoms with E-state index in [1.54, 1.807) is 0 Å².